The molecule has 2 aromatic heterocycles. The van der Waals surface area contributed by atoms with Crippen molar-refractivity contribution in [2.45, 2.75) is 18.9 Å². The SMILES string of the molecule is O=C(c1cc2c(Br)cccc2[nH]1)N1CCCC1c1ncc[nH]1. The monoisotopic (exact) mass is 358 g/mol. The van der Waals surface area contributed by atoms with Crippen LogP contribution in [0, 0.1) is 0 Å². The molecule has 1 saturated heterocycles. The molecule has 0 saturated carbocycles. The highest BCUT2D eigenvalue weighted by molar-refractivity contribution is 9.10. The molecule has 1 unspecified atom stereocenters. The van der Waals surface area contributed by atoms with Crippen LogP contribution in [0.4, 0.5) is 0 Å². The number of fused-ring (bicyclic) bond motifs is 1. The van der Waals surface area contributed by atoms with Crippen LogP contribution in [0.25, 0.3) is 10.9 Å². The third-order valence-corrected chi connectivity index (χ3v) is 4.88. The maximum Gasteiger partial charge on any atom is 0.270 e. The van der Waals surface area contributed by atoms with Gasteiger partial charge >= 0.3 is 0 Å². The summed E-state index contributed by atoms with van der Waals surface area (Å²) in [7, 11) is 0. The first-order valence-corrected chi connectivity index (χ1v) is 8.11. The van der Waals surface area contributed by atoms with E-state index >= 15 is 0 Å². The number of nitrogens with one attached hydrogen (secondary N) is 2. The molecule has 1 aromatic carbocycles. The highest BCUT2D eigenvalue weighted by atomic mass is 79.9. The molecule has 1 amide bonds. The fraction of sp³-hybridized carbons (Fsp3) is 0.250. The average molecular weight is 359 g/mol. The number of likely N-dealkylation sites (tertiary alicyclic amines) is 1. The van der Waals surface area contributed by atoms with E-state index in [0.29, 0.717) is 5.69 Å². The molecule has 1 fully saturated rings. The third kappa shape index (κ3) is 2.14. The number of aromatic nitrogens is 3. The molecule has 0 radical (unpaired) electrons. The van der Waals surface area contributed by atoms with Gasteiger partial charge in [0.05, 0.1) is 6.04 Å². The van der Waals surface area contributed by atoms with Gasteiger partial charge in [-0.3, -0.25) is 4.79 Å². The van der Waals surface area contributed by atoms with Crippen molar-refractivity contribution in [1.82, 2.24) is 19.9 Å². The smallest absolute Gasteiger partial charge is 0.270 e. The van der Waals surface area contributed by atoms with Gasteiger partial charge in [0.25, 0.3) is 5.91 Å². The van der Waals surface area contributed by atoms with Crippen molar-refractivity contribution >= 4 is 32.7 Å². The zero-order valence-electron chi connectivity index (χ0n) is 11.8. The third-order valence-electron chi connectivity index (χ3n) is 4.19. The second-order valence-electron chi connectivity index (χ2n) is 5.52. The Labute approximate surface area is 135 Å². The number of nitrogens with zero attached hydrogens (tertiary/aromatic N) is 2. The Morgan fingerprint density at radius 2 is 2.32 bits per heavy atom. The molecule has 6 heteroatoms. The van der Waals surface area contributed by atoms with Gasteiger partial charge in [-0.15, -0.1) is 0 Å². The molecule has 2 N–H and O–H groups in total. The first-order valence-electron chi connectivity index (χ1n) is 7.31. The van der Waals surface area contributed by atoms with Crippen molar-refractivity contribution in [2.24, 2.45) is 0 Å². The number of aromatic amines is 2. The number of imidazole rings is 1. The highest BCUT2D eigenvalue weighted by Crippen LogP contribution is 2.32. The number of hydrogen-bond donors (Lipinski definition) is 2. The van der Waals surface area contributed by atoms with Crippen LogP contribution in [0.5, 0.6) is 0 Å². The zero-order valence-corrected chi connectivity index (χ0v) is 13.4. The van der Waals surface area contributed by atoms with Crippen LogP contribution in [-0.4, -0.2) is 32.3 Å². The van der Waals surface area contributed by atoms with Crippen LogP contribution < -0.4 is 0 Å². The van der Waals surface area contributed by atoms with Gasteiger partial charge < -0.3 is 14.9 Å². The van der Waals surface area contributed by atoms with Crippen LogP contribution in [0.3, 0.4) is 0 Å². The minimum absolute atomic E-state index is 0.0296. The standard InChI is InChI=1S/C16H15BrN4O/c17-11-3-1-4-12-10(11)9-13(20-12)16(22)21-8-2-5-14(21)15-18-6-7-19-15/h1,3-4,6-7,9,14,20H,2,5,8H2,(H,18,19). The lowest BCUT2D eigenvalue weighted by atomic mass is 10.2. The van der Waals surface area contributed by atoms with E-state index in [1.54, 1.807) is 12.4 Å². The van der Waals surface area contributed by atoms with E-state index in [4.69, 9.17) is 0 Å². The molecule has 0 bridgehead atoms. The minimum Gasteiger partial charge on any atom is -0.350 e. The van der Waals surface area contributed by atoms with Crippen LogP contribution in [0.15, 0.2) is 41.1 Å². The van der Waals surface area contributed by atoms with Crippen LogP contribution in [-0.2, 0) is 0 Å². The fourth-order valence-corrected chi connectivity index (χ4v) is 3.62. The second kappa shape index (κ2) is 5.28. The largest absolute Gasteiger partial charge is 0.350 e. The maximum absolute atomic E-state index is 12.9. The van der Waals surface area contributed by atoms with Crippen molar-refractivity contribution in [3.63, 3.8) is 0 Å². The summed E-state index contributed by atoms with van der Waals surface area (Å²) in [6.07, 6.45) is 5.48. The van der Waals surface area contributed by atoms with E-state index in [9.17, 15) is 4.79 Å². The van der Waals surface area contributed by atoms with Crippen LogP contribution >= 0.6 is 15.9 Å². The predicted octanol–water partition coefficient (Wildman–Crippen LogP) is 3.63. The number of H-pyrrole nitrogens is 2. The van der Waals surface area contributed by atoms with Gasteiger partial charge in [-0.25, -0.2) is 4.98 Å². The Morgan fingerprint density at radius 1 is 1.41 bits per heavy atom. The van der Waals surface area contributed by atoms with Gasteiger partial charge in [0.2, 0.25) is 0 Å². The molecule has 3 aromatic rings. The summed E-state index contributed by atoms with van der Waals surface area (Å²) in [5.41, 5.74) is 1.59. The number of amides is 1. The number of benzene rings is 1. The van der Waals surface area contributed by atoms with Gasteiger partial charge in [0, 0.05) is 34.3 Å². The van der Waals surface area contributed by atoms with Crippen LogP contribution in [0.2, 0.25) is 0 Å². The topological polar surface area (TPSA) is 64.8 Å². The predicted molar refractivity (Wildman–Crippen MR) is 87.6 cm³/mol. The number of hydrogen-bond acceptors (Lipinski definition) is 2. The molecule has 3 heterocycles. The van der Waals surface area contributed by atoms with E-state index < -0.39 is 0 Å². The van der Waals surface area contributed by atoms with E-state index in [0.717, 1.165) is 40.6 Å². The van der Waals surface area contributed by atoms with Gasteiger partial charge in [0.15, 0.2) is 0 Å². The minimum atomic E-state index is 0.0296. The van der Waals surface area contributed by atoms with E-state index in [-0.39, 0.29) is 11.9 Å². The first kappa shape index (κ1) is 13.6. The lowest BCUT2D eigenvalue weighted by molar-refractivity contribution is 0.0725. The van der Waals surface area contributed by atoms with E-state index in [1.165, 1.54) is 0 Å². The lowest BCUT2D eigenvalue weighted by Crippen LogP contribution is -2.31. The zero-order chi connectivity index (χ0) is 15.1. The summed E-state index contributed by atoms with van der Waals surface area (Å²) in [6, 6.07) is 7.87. The summed E-state index contributed by atoms with van der Waals surface area (Å²) in [5, 5.41) is 1.03. The fourth-order valence-electron chi connectivity index (χ4n) is 3.14. The van der Waals surface area contributed by atoms with Crippen molar-refractivity contribution in [1.29, 1.82) is 0 Å². The number of carbonyl (C=O) groups is 1. The van der Waals surface area contributed by atoms with Crippen molar-refractivity contribution in [2.75, 3.05) is 6.54 Å². The second-order valence-corrected chi connectivity index (χ2v) is 6.37. The number of carbonyl (C=O) groups excluding carboxylic acids is 1. The first-order chi connectivity index (χ1) is 10.7. The quantitative estimate of drug-likeness (QED) is 0.734. The van der Waals surface area contributed by atoms with Gasteiger partial charge in [-0.05, 0) is 31.0 Å². The Balaban J connectivity index is 1.69. The molecular weight excluding hydrogens is 344 g/mol. The van der Waals surface area contributed by atoms with Crippen molar-refractivity contribution in [3.05, 3.63) is 52.7 Å². The summed E-state index contributed by atoms with van der Waals surface area (Å²) < 4.78 is 0.990. The van der Waals surface area contributed by atoms with Crippen molar-refractivity contribution < 1.29 is 4.79 Å². The number of rotatable bonds is 2. The Bertz CT molecular complexity index is 824. The molecule has 0 aliphatic carbocycles. The van der Waals surface area contributed by atoms with Gasteiger partial charge in [0.1, 0.15) is 11.5 Å². The summed E-state index contributed by atoms with van der Waals surface area (Å²) in [5.74, 6) is 0.894. The Morgan fingerprint density at radius 3 is 3.09 bits per heavy atom. The van der Waals surface area contributed by atoms with Gasteiger partial charge in [-0.1, -0.05) is 22.0 Å². The average Bonchev–Trinajstić information content (AvgIpc) is 3.25. The summed E-state index contributed by atoms with van der Waals surface area (Å²) in [4.78, 5) is 25.4. The normalized spacial score (nSPS) is 18.2. The molecular formula is C16H15BrN4O. The van der Waals surface area contributed by atoms with E-state index in [2.05, 4.69) is 30.9 Å². The van der Waals surface area contributed by atoms with Crippen LogP contribution in [0.1, 0.15) is 35.2 Å². The Kier molecular flexibility index (Phi) is 3.26. The molecule has 22 heavy (non-hydrogen) atoms. The molecule has 5 nitrogen and oxygen atoms in total. The summed E-state index contributed by atoms with van der Waals surface area (Å²) in [6.45, 7) is 0.765. The molecule has 1 aliphatic rings. The lowest BCUT2D eigenvalue weighted by Gasteiger charge is -2.22. The molecule has 1 atom stereocenters. The van der Waals surface area contributed by atoms with Gasteiger partial charge in [-0.2, -0.15) is 0 Å². The highest BCUT2D eigenvalue weighted by Gasteiger charge is 2.32. The number of halogens is 1. The molecule has 4 rings (SSSR count). The van der Waals surface area contributed by atoms with Crippen molar-refractivity contribution in [3.8, 4) is 0 Å². The van der Waals surface area contributed by atoms with E-state index in [1.807, 2.05) is 29.2 Å². The Hall–Kier alpha value is -2.08. The molecule has 1 aliphatic heterocycles. The molecule has 112 valence electrons. The molecule has 0 spiro atoms. The maximum atomic E-state index is 12.9. The summed E-state index contributed by atoms with van der Waals surface area (Å²) >= 11 is 3.53.